The minimum atomic E-state index is -0.482. The van der Waals surface area contributed by atoms with Gasteiger partial charge in [0.1, 0.15) is 0 Å². The van der Waals surface area contributed by atoms with E-state index in [-0.39, 0.29) is 11.8 Å². The number of carbonyl (C=O) groups is 2. The van der Waals surface area contributed by atoms with Crippen molar-refractivity contribution in [2.24, 2.45) is 5.92 Å². The van der Waals surface area contributed by atoms with Gasteiger partial charge in [0, 0.05) is 18.8 Å². The van der Waals surface area contributed by atoms with Crippen molar-refractivity contribution in [1.29, 1.82) is 0 Å². The number of rotatable bonds is 5. The molecule has 9 nitrogen and oxygen atoms in total. The highest BCUT2D eigenvalue weighted by molar-refractivity contribution is 6.02. The molecule has 1 fully saturated rings. The Hall–Kier alpha value is -3.75. The van der Waals surface area contributed by atoms with Crippen molar-refractivity contribution in [2.45, 2.75) is 26.7 Å². The van der Waals surface area contributed by atoms with Crippen LogP contribution >= 0.6 is 0 Å². The average Bonchev–Trinajstić information content (AvgIpc) is 3.16. The fourth-order valence-electron chi connectivity index (χ4n) is 3.97. The van der Waals surface area contributed by atoms with Crippen LogP contribution in [0.1, 0.15) is 34.6 Å². The number of ether oxygens (including phenoxy) is 1. The van der Waals surface area contributed by atoms with E-state index < -0.39 is 5.97 Å². The highest BCUT2D eigenvalue weighted by Crippen LogP contribution is 2.24. The Balaban J connectivity index is 1.45. The van der Waals surface area contributed by atoms with E-state index in [0.29, 0.717) is 23.6 Å². The van der Waals surface area contributed by atoms with E-state index in [1.54, 1.807) is 28.9 Å². The van der Waals surface area contributed by atoms with Gasteiger partial charge in [-0.2, -0.15) is 5.10 Å². The molecule has 1 saturated heterocycles. The molecule has 1 N–H and O–H groups in total. The second-order valence-corrected chi connectivity index (χ2v) is 7.90. The molecule has 0 aliphatic carbocycles. The van der Waals surface area contributed by atoms with E-state index in [0.717, 1.165) is 36.6 Å². The molecular formula is C23H26N6O3. The maximum Gasteiger partial charge on any atom is 0.339 e. The first-order valence-electron chi connectivity index (χ1n) is 10.6. The van der Waals surface area contributed by atoms with Crippen molar-refractivity contribution in [2.75, 3.05) is 30.4 Å². The minimum Gasteiger partial charge on any atom is -0.465 e. The zero-order chi connectivity index (χ0) is 22.7. The van der Waals surface area contributed by atoms with Crippen molar-refractivity contribution in [3.8, 4) is 5.82 Å². The summed E-state index contributed by atoms with van der Waals surface area (Å²) in [5, 5.41) is 16.0. The Bertz CT molecular complexity index is 1130. The summed E-state index contributed by atoms with van der Waals surface area (Å²) in [7, 11) is 1.32. The maximum absolute atomic E-state index is 12.9. The van der Waals surface area contributed by atoms with E-state index in [4.69, 9.17) is 4.74 Å². The number of para-hydroxylation sites is 1. The third-order valence-corrected chi connectivity index (χ3v) is 5.57. The SMILES string of the molecule is COC(=O)c1ccccc1NC(=O)[C@@H]1CCCN(c2ccc(-n3nc(C)cc3C)nn2)C1. The Morgan fingerprint density at radius 2 is 1.84 bits per heavy atom. The average molecular weight is 435 g/mol. The summed E-state index contributed by atoms with van der Waals surface area (Å²) in [6, 6.07) is 12.6. The summed E-state index contributed by atoms with van der Waals surface area (Å²) in [5.74, 6) is 0.544. The highest BCUT2D eigenvalue weighted by Gasteiger charge is 2.27. The molecule has 0 radical (unpaired) electrons. The quantitative estimate of drug-likeness (QED) is 0.616. The molecule has 0 saturated carbocycles. The standard InChI is InChI=1S/C23H26N6O3/c1-15-13-16(2)29(27-15)21-11-10-20(25-26-21)28-12-6-7-17(14-28)22(30)24-19-9-5-4-8-18(19)23(31)32-3/h4-5,8-11,13,17H,6-7,12,14H2,1-3H3,(H,24,30)/t17-/m1/s1. The van der Waals surface area contributed by atoms with Crippen LogP contribution in [0.15, 0.2) is 42.5 Å². The molecule has 1 aliphatic rings. The first kappa shape index (κ1) is 21.5. The molecule has 3 aromatic rings. The van der Waals surface area contributed by atoms with Crippen LogP contribution in [0.2, 0.25) is 0 Å². The minimum absolute atomic E-state index is 0.127. The van der Waals surface area contributed by atoms with E-state index in [1.165, 1.54) is 7.11 Å². The van der Waals surface area contributed by atoms with Gasteiger partial charge in [-0.25, -0.2) is 9.48 Å². The lowest BCUT2D eigenvalue weighted by Gasteiger charge is -2.32. The monoisotopic (exact) mass is 434 g/mol. The van der Waals surface area contributed by atoms with E-state index in [9.17, 15) is 9.59 Å². The maximum atomic E-state index is 12.9. The van der Waals surface area contributed by atoms with Crippen molar-refractivity contribution in [1.82, 2.24) is 20.0 Å². The fourth-order valence-corrected chi connectivity index (χ4v) is 3.97. The molecule has 1 aromatic carbocycles. The molecule has 2 aromatic heterocycles. The number of carbonyl (C=O) groups excluding carboxylic acids is 2. The third kappa shape index (κ3) is 4.46. The van der Waals surface area contributed by atoms with Gasteiger partial charge < -0.3 is 15.0 Å². The van der Waals surface area contributed by atoms with E-state index in [2.05, 4.69) is 25.5 Å². The highest BCUT2D eigenvalue weighted by atomic mass is 16.5. The number of amides is 1. The molecule has 9 heteroatoms. The molecule has 4 rings (SSSR count). The number of aromatic nitrogens is 4. The van der Waals surface area contributed by atoms with Crippen LogP contribution in [0.3, 0.4) is 0 Å². The number of hydrogen-bond donors (Lipinski definition) is 1. The topological polar surface area (TPSA) is 102 Å². The third-order valence-electron chi connectivity index (χ3n) is 5.57. The summed E-state index contributed by atoms with van der Waals surface area (Å²) in [5.41, 5.74) is 2.70. The second-order valence-electron chi connectivity index (χ2n) is 7.90. The number of aryl methyl sites for hydroxylation is 2. The van der Waals surface area contributed by atoms with Gasteiger partial charge in [0.15, 0.2) is 11.6 Å². The van der Waals surface area contributed by atoms with Crippen molar-refractivity contribution < 1.29 is 14.3 Å². The zero-order valence-corrected chi connectivity index (χ0v) is 18.4. The lowest BCUT2D eigenvalue weighted by Crippen LogP contribution is -2.41. The first-order valence-corrected chi connectivity index (χ1v) is 10.6. The van der Waals surface area contributed by atoms with Crippen molar-refractivity contribution >= 4 is 23.4 Å². The Morgan fingerprint density at radius 1 is 1.09 bits per heavy atom. The van der Waals surface area contributed by atoms with Gasteiger partial charge in [-0.05, 0) is 57.0 Å². The van der Waals surface area contributed by atoms with Gasteiger partial charge in [0.05, 0.1) is 30.0 Å². The van der Waals surface area contributed by atoms with Crippen LogP contribution in [0, 0.1) is 19.8 Å². The largest absolute Gasteiger partial charge is 0.465 e. The smallest absolute Gasteiger partial charge is 0.339 e. The Labute approximate surface area is 186 Å². The van der Waals surface area contributed by atoms with Crippen LogP contribution in [0.4, 0.5) is 11.5 Å². The summed E-state index contributed by atoms with van der Waals surface area (Å²) in [4.78, 5) is 27.0. The lowest BCUT2D eigenvalue weighted by molar-refractivity contribution is -0.120. The summed E-state index contributed by atoms with van der Waals surface area (Å²) in [6.07, 6.45) is 1.62. The van der Waals surface area contributed by atoms with E-state index >= 15 is 0 Å². The van der Waals surface area contributed by atoms with Crippen LogP contribution in [0.5, 0.6) is 0 Å². The second kappa shape index (κ2) is 9.17. The van der Waals surface area contributed by atoms with Crippen LogP contribution in [-0.4, -0.2) is 52.1 Å². The van der Waals surface area contributed by atoms with Gasteiger partial charge in [0.2, 0.25) is 5.91 Å². The van der Waals surface area contributed by atoms with Crippen LogP contribution in [-0.2, 0) is 9.53 Å². The number of anilines is 2. The first-order chi connectivity index (χ1) is 15.5. The number of hydrogen-bond acceptors (Lipinski definition) is 7. The number of benzene rings is 1. The molecule has 0 unspecified atom stereocenters. The Morgan fingerprint density at radius 3 is 2.53 bits per heavy atom. The molecule has 1 aliphatic heterocycles. The molecule has 166 valence electrons. The molecule has 1 atom stereocenters. The van der Waals surface area contributed by atoms with Crippen LogP contribution in [0.25, 0.3) is 5.82 Å². The van der Waals surface area contributed by atoms with Gasteiger partial charge in [-0.15, -0.1) is 10.2 Å². The predicted molar refractivity (Wildman–Crippen MR) is 120 cm³/mol. The fraction of sp³-hybridized carbons (Fsp3) is 0.348. The number of nitrogens with one attached hydrogen (secondary N) is 1. The molecule has 0 spiro atoms. The molecule has 1 amide bonds. The number of piperidine rings is 1. The molecular weight excluding hydrogens is 408 g/mol. The van der Waals surface area contributed by atoms with E-state index in [1.807, 2.05) is 32.0 Å². The molecule has 32 heavy (non-hydrogen) atoms. The van der Waals surface area contributed by atoms with Gasteiger partial charge in [0.25, 0.3) is 0 Å². The predicted octanol–water partition coefficient (Wildman–Crippen LogP) is 2.92. The lowest BCUT2D eigenvalue weighted by atomic mass is 9.97. The van der Waals surface area contributed by atoms with Gasteiger partial charge in [-0.3, -0.25) is 4.79 Å². The number of nitrogens with zero attached hydrogens (tertiary/aromatic N) is 5. The number of esters is 1. The number of methoxy groups -OCH3 is 1. The van der Waals surface area contributed by atoms with Crippen molar-refractivity contribution in [3.63, 3.8) is 0 Å². The van der Waals surface area contributed by atoms with Crippen LogP contribution < -0.4 is 10.2 Å². The Kier molecular flexibility index (Phi) is 6.16. The summed E-state index contributed by atoms with van der Waals surface area (Å²) >= 11 is 0. The molecule has 3 heterocycles. The van der Waals surface area contributed by atoms with Gasteiger partial charge >= 0.3 is 5.97 Å². The zero-order valence-electron chi connectivity index (χ0n) is 18.4. The van der Waals surface area contributed by atoms with Gasteiger partial charge in [-0.1, -0.05) is 12.1 Å². The summed E-state index contributed by atoms with van der Waals surface area (Å²) in [6.45, 7) is 5.24. The summed E-state index contributed by atoms with van der Waals surface area (Å²) < 4.78 is 6.57. The molecule has 0 bridgehead atoms. The normalized spacial score (nSPS) is 16.0. The van der Waals surface area contributed by atoms with Crippen molar-refractivity contribution in [3.05, 3.63) is 59.4 Å².